The van der Waals surface area contributed by atoms with Crippen LogP contribution in [0.25, 0.3) is 0 Å². The average Bonchev–Trinajstić information content (AvgIpc) is 2.91. The van der Waals surface area contributed by atoms with Gasteiger partial charge in [-0.25, -0.2) is 0 Å². The van der Waals surface area contributed by atoms with Crippen molar-refractivity contribution in [2.24, 2.45) is 0 Å². The smallest absolute Gasteiger partial charge is 0.0465 e. The zero-order chi connectivity index (χ0) is 26.8. The van der Waals surface area contributed by atoms with Gasteiger partial charge in [0, 0.05) is 56.9 Å². The van der Waals surface area contributed by atoms with Gasteiger partial charge in [-0.1, -0.05) is 0 Å². The molecule has 0 fully saturated rings. The van der Waals surface area contributed by atoms with Gasteiger partial charge >= 0.3 is 0 Å². The topological polar surface area (TPSA) is 111 Å². The molecule has 6 nitrogen and oxygen atoms in total. The SMILES string of the molecule is Cc1cc(N(c2ccc(N)cc2)c2ccc(N(c3ccc(N)cc3)c3ccc(N)c(C)c3)cc2)ccc1N. The van der Waals surface area contributed by atoms with Crippen molar-refractivity contribution in [1.82, 2.24) is 0 Å². The molecule has 0 bridgehead atoms. The Labute approximate surface area is 223 Å². The molecule has 5 aromatic rings. The van der Waals surface area contributed by atoms with Crippen molar-refractivity contribution in [3.8, 4) is 0 Å². The van der Waals surface area contributed by atoms with Crippen LogP contribution in [0.1, 0.15) is 11.1 Å². The molecule has 6 heteroatoms. The van der Waals surface area contributed by atoms with Crippen LogP contribution in [0.3, 0.4) is 0 Å². The predicted octanol–water partition coefficient (Wildman–Crippen LogP) is 7.57. The fourth-order valence-electron chi connectivity index (χ4n) is 4.49. The summed E-state index contributed by atoms with van der Waals surface area (Å²) in [7, 11) is 0. The molecule has 0 saturated carbocycles. The summed E-state index contributed by atoms with van der Waals surface area (Å²) in [5.74, 6) is 0. The molecule has 5 rings (SSSR count). The number of aryl methyl sites for hydroxylation is 2. The van der Waals surface area contributed by atoms with Crippen LogP contribution in [0.2, 0.25) is 0 Å². The molecule has 0 aliphatic rings. The van der Waals surface area contributed by atoms with E-state index in [1.165, 1.54) is 0 Å². The van der Waals surface area contributed by atoms with E-state index in [9.17, 15) is 0 Å². The van der Waals surface area contributed by atoms with Crippen molar-refractivity contribution in [2.45, 2.75) is 13.8 Å². The Hall–Kier alpha value is -5.10. The fourth-order valence-corrected chi connectivity index (χ4v) is 4.49. The lowest BCUT2D eigenvalue weighted by molar-refractivity contribution is 1.25. The molecule has 0 spiro atoms. The molecule has 0 atom stereocenters. The Morgan fingerprint density at radius 1 is 0.368 bits per heavy atom. The highest BCUT2D eigenvalue weighted by atomic mass is 15.2. The quantitative estimate of drug-likeness (QED) is 0.179. The van der Waals surface area contributed by atoms with E-state index in [4.69, 9.17) is 22.9 Å². The van der Waals surface area contributed by atoms with Crippen molar-refractivity contribution in [3.63, 3.8) is 0 Å². The van der Waals surface area contributed by atoms with Crippen LogP contribution in [0, 0.1) is 13.8 Å². The third-order valence-corrected chi connectivity index (χ3v) is 6.69. The van der Waals surface area contributed by atoms with Gasteiger partial charge in [0.25, 0.3) is 0 Å². The maximum absolute atomic E-state index is 6.12. The van der Waals surface area contributed by atoms with E-state index in [0.29, 0.717) is 0 Å². The first-order valence-corrected chi connectivity index (χ1v) is 12.4. The van der Waals surface area contributed by atoms with E-state index in [1.54, 1.807) is 0 Å². The van der Waals surface area contributed by atoms with Gasteiger partial charge in [0.2, 0.25) is 0 Å². The highest BCUT2D eigenvalue weighted by Crippen LogP contribution is 2.40. The van der Waals surface area contributed by atoms with Crippen LogP contribution in [-0.4, -0.2) is 0 Å². The minimum absolute atomic E-state index is 0.718. The van der Waals surface area contributed by atoms with Gasteiger partial charge in [-0.15, -0.1) is 0 Å². The molecule has 38 heavy (non-hydrogen) atoms. The first-order valence-electron chi connectivity index (χ1n) is 12.4. The molecule has 0 radical (unpaired) electrons. The number of nitrogen functional groups attached to an aromatic ring is 4. The van der Waals surface area contributed by atoms with Gasteiger partial charge in [-0.05, 0) is 134 Å². The first-order chi connectivity index (χ1) is 18.3. The van der Waals surface area contributed by atoms with E-state index in [1.807, 2.05) is 86.6 Å². The number of anilines is 10. The first kappa shape index (κ1) is 24.6. The second-order valence-electron chi connectivity index (χ2n) is 9.45. The molecule has 0 saturated heterocycles. The summed E-state index contributed by atoms with van der Waals surface area (Å²) in [5.41, 5.74) is 35.3. The van der Waals surface area contributed by atoms with Crippen molar-refractivity contribution in [2.75, 3.05) is 32.7 Å². The van der Waals surface area contributed by atoms with Crippen LogP contribution in [-0.2, 0) is 0 Å². The summed E-state index contributed by atoms with van der Waals surface area (Å²) in [5, 5.41) is 0. The molecule has 0 aliphatic heterocycles. The number of nitrogens with two attached hydrogens (primary N) is 4. The largest absolute Gasteiger partial charge is 0.399 e. The Kier molecular flexibility index (Phi) is 6.54. The monoisotopic (exact) mass is 500 g/mol. The molecule has 0 unspecified atom stereocenters. The van der Waals surface area contributed by atoms with E-state index >= 15 is 0 Å². The summed E-state index contributed by atoms with van der Waals surface area (Å²) in [6.07, 6.45) is 0. The molecule has 0 heterocycles. The van der Waals surface area contributed by atoms with Crippen LogP contribution in [0.15, 0.2) is 109 Å². The number of hydrogen-bond acceptors (Lipinski definition) is 6. The van der Waals surface area contributed by atoms with Crippen molar-refractivity contribution in [1.29, 1.82) is 0 Å². The Bertz CT molecular complexity index is 1440. The maximum Gasteiger partial charge on any atom is 0.0465 e. The number of rotatable bonds is 6. The number of nitrogens with zero attached hydrogens (tertiary/aromatic N) is 2. The van der Waals surface area contributed by atoms with Crippen LogP contribution < -0.4 is 32.7 Å². The Morgan fingerprint density at radius 2 is 0.632 bits per heavy atom. The Balaban J connectivity index is 1.60. The minimum atomic E-state index is 0.718. The molecule has 5 aromatic carbocycles. The zero-order valence-corrected chi connectivity index (χ0v) is 21.6. The minimum Gasteiger partial charge on any atom is -0.399 e. The van der Waals surface area contributed by atoms with Gasteiger partial charge in [0.05, 0.1) is 0 Å². The van der Waals surface area contributed by atoms with Crippen LogP contribution in [0.5, 0.6) is 0 Å². The molecule has 8 N–H and O–H groups in total. The molecule has 0 aliphatic carbocycles. The standard InChI is InChI=1S/C32H32N6/c1-21-19-29(15-17-31(21)35)37(25-7-3-23(33)4-8-25)27-11-13-28(14-12-27)38(26-9-5-24(34)6-10-26)30-16-18-32(36)22(2)20-30/h3-20H,33-36H2,1-2H3. The summed E-state index contributed by atoms with van der Waals surface area (Å²) < 4.78 is 0. The summed E-state index contributed by atoms with van der Waals surface area (Å²) in [6, 6.07) is 36.3. The number of benzene rings is 5. The second-order valence-corrected chi connectivity index (χ2v) is 9.45. The second kappa shape index (κ2) is 10.1. The fraction of sp³-hybridized carbons (Fsp3) is 0.0625. The van der Waals surface area contributed by atoms with Gasteiger partial charge in [0.15, 0.2) is 0 Å². The van der Waals surface area contributed by atoms with Gasteiger partial charge < -0.3 is 32.7 Å². The number of hydrogen-bond donors (Lipinski definition) is 4. The highest BCUT2D eigenvalue weighted by Gasteiger charge is 2.17. The van der Waals surface area contributed by atoms with Crippen molar-refractivity contribution < 1.29 is 0 Å². The highest BCUT2D eigenvalue weighted by molar-refractivity contribution is 5.82. The lowest BCUT2D eigenvalue weighted by atomic mass is 10.1. The van der Waals surface area contributed by atoms with E-state index in [-0.39, 0.29) is 0 Å². The Morgan fingerprint density at radius 3 is 0.921 bits per heavy atom. The summed E-state index contributed by atoms with van der Waals surface area (Å²) in [6.45, 7) is 4.03. The normalized spacial score (nSPS) is 10.8. The maximum atomic E-state index is 6.12. The molecule has 0 amide bonds. The molecular weight excluding hydrogens is 468 g/mol. The van der Waals surface area contributed by atoms with Crippen molar-refractivity contribution in [3.05, 3.63) is 120 Å². The summed E-state index contributed by atoms with van der Waals surface area (Å²) >= 11 is 0. The van der Waals surface area contributed by atoms with Gasteiger partial charge in [-0.3, -0.25) is 0 Å². The van der Waals surface area contributed by atoms with E-state index < -0.39 is 0 Å². The lowest BCUT2D eigenvalue weighted by Crippen LogP contribution is -2.13. The van der Waals surface area contributed by atoms with E-state index in [0.717, 1.165) is 68.0 Å². The average molecular weight is 501 g/mol. The predicted molar refractivity (Wildman–Crippen MR) is 163 cm³/mol. The van der Waals surface area contributed by atoms with Crippen molar-refractivity contribution >= 4 is 56.9 Å². The van der Waals surface area contributed by atoms with Crippen LogP contribution >= 0.6 is 0 Å². The summed E-state index contributed by atoms with van der Waals surface area (Å²) in [4.78, 5) is 4.38. The lowest BCUT2D eigenvalue weighted by Gasteiger charge is -2.29. The van der Waals surface area contributed by atoms with Crippen LogP contribution in [0.4, 0.5) is 56.9 Å². The third-order valence-electron chi connectivity index (χ3n) is 6.69. The zero-order valence-electron chi connectivity index (χ0n) is 21.6. The third kappa shape index (κ3) is 4.92. The molecule has 0 aromatic heterocycles. The van der Waals surface area contributed by atoms with Gasteiger partial charge in [-0.2, -0.15) is 0 Å². The van der Waals surface area contributed by atoms with E-state index in [2.05, 4.69) is 46.2 Å². The molecule has 190 valence electrons. The molecular formula is C32H32N6. The van der Waals surface area contributed by atoms with Gasteiger partial charge in [0.1, 0.15) is 0 Å².